The standard InChI is InChI=1S/C18H27NO6/c1-6-23-12(2)24-15(16(20)21)14(13-10-8-7-9-11-13)19-17(22)25-18(3,4)5/h7-12,14-15H,6H2,1-5H3,(H,19,22)(H,20,21)/t12?,14-,15?/m1/s1. The van der Waals surface area contributed by atoms with Crippen LogP contribution >= 0.6 is 0 Å². The van der Waals surface area contributed by atoms with Crippen molar-refractivity contribution in [3.63, 3.8) is 0 Å². The van der Waals surface area contributed by atoms with E-state index >= 15 is 0 Å². The summed E-state index contributed by atoms with van der Waals surface area (Å²) in [5, 5.41) is 12.2. The molecule has 1 aromatic carbocycles. The molecule has 2 N–H and O–H groups in total. The number of ether oxygens (including phenoxy) is 3. The molecule has 0 aromatic heterocycles. The van der Waals surface area contributed by atoms with Crippen molar-refractivity contribution in [3.05, 3.63) is 35.9 Å². The molecule has 3 atom stereocenters. The van der Waals surface area contributed by atoms with Crippen molar-refractivity contribution in [3.8, 4) is 0 Å². The Morgan fingerprint density at radius 2 is 1.80 bits per heavy atom. The van der Waals surface area contributed by atoms with Crippen LogP contribution in [0.3, 0.4) is 0 Å². The number of rotatable bonds is 8. The summed E-state index contributed by atoms with van der Waals surface area (Å²) in [5.74, 6) is -1.21. The largest absolute Gasteiger partial charge is 0.479 e. The quantitative estimate of drug-likeness (QED) is 0.698. The molecule has 25 heavy (non-hydrogen) atoms. The fourth-order valence-electron chi connectivity index (χ4n) is 2.19. The van der Waals surface area contributed by atoms with Crippen molar-refractivity contribution in [2.45, 2.75) is 58.7 Å². The predicted octanol–water partition coefficient (Wildman–Crippen LogP) is 3.10. The Labute approximate surface area is 148 Å². The fraction of sp³-hybridized carbons (Fsp3) is 0.556. The monoisotopic (exact) mass is 353 g/mol. The number of aliphatic carboxylic acids is 1. The molecule has 2 unspecified atom stereocenters. The van der Waals surface area contributed by atoms with Gasteiger partial charge in [0.1, 0.15) is 5.60 Å². The Balaban J connectivity index is 3.06. The molecule has 0 bridgehead atoms. The average Bonchev–Trinajstić information content (AvgIpc) is 2.50. The topological polar surface area (TPSA) is 94.1 Å². The summed E-state index contributed by atoms with van der Waals surface area (Å²) in [7, 11) is 0. The molecule has 0 aliphatic carbocycles. The van der Waals surface area contributed by atoms with Crippen LogP contribution in [0.2, 0.25) is 0 Å². The lowest BCUT2D eigenvalue weighted by Crippen LogP contribution is -2.45. The van der Waals surface area contributed by atoms with E-state index in [1.54, 1.807) is 65.0 Å². The van der Waals surface area contributed by atoms with Crippen LogP contribution in [0.1, 0.15) is 46.2 Å². The van der Waals surface area contributed by atoms with E-state index in [0.29, 0.717) is 12.2 Å². The van der Waals surface area contributed by atoms with Crippen LogP contribution in [0.4, 0.5) is 4.79 Å². The lowest BCUT2D eigenvalue weighted by atomic mass is 10.0. The number of hydrogen-bond acceptors (Lipinski definition) is 5. The van der Waals surface area contributed by atoms with E-state index in [2.05, 4.69) is 5.32 Å². The Morgan fingerprint density at radius 3 is 2.28 bits per heavy atom. The number of carbonyl (C=O) groups excluding carboxylic acids is 1. The van der Waals surface area contributed by atoms with Crippen LogP contribution in [-0.4, -0.2) is 41.8 Å². The van der Waals surface area contributed by atoms with Gasteiger partial charge < -0.3 is 24.6 Å². The zero-order chi connectivity index (χ0) is 19.0. The lowest BCUT2D eigenvalue weighted by molar-refractivity contribution is -0.187. The minimum atomic E-state index is -1.34. The van der Waals surface area contributed by atoms with E-state index in [1.807, 2.05) is 0 Å². The summed E-state index contributed by atoms with van der Waals surface area (Å²) in [5.41, 5.74) is -0.117. The van der Waals surface area contributed by atoms with Gasteiger partial charge in [0, 0.05) is 6.61 Å². The second-order valence-corrected chi connectivity index (χ2v) is 6.45. The number of carbonyl (C=O) groups is 2. The van der Waals surface area contributed by atoms with Gasteiger partial charge in [-0.05, 0) is 40.2 Å². The number of nitrogens with one attached hydrogen (secondary N) is 1. The van der Waals surface area contributed by atoms with Gasteiger partial charge in [-0.1, -0.05) is 30.3 Å². The highest BCUT2D eigenvalue weighted by molar-refractivity contribution is 5.76. The third-order valence-electron chi connectivity index (χ3n) is 3.12. The predicted molar refractivity (Wildman–Crippen MR) is 92.1 cm³/mol. The third kappa shape index (κ3) is 7.53. The van der Waals surface area contributed by atoms with Gasteiger partial charge >= 0.3 is 12.1 Å². The smallest absolute Gasteiger partial charge is 0.408 e. The van der Waals surface area contributed by atoms with Gasteiger partial charge in [0.15, 0.2) is 12.4 Å². The number of carboxylic acid groups (broad SMARTS) is 1. The Kier molecular flexibility index (Phi) is 7.86. The number of carboxylic acids is 1. The van der Waals surface area contributed by atoms with Crippen LogP contribution in [-0.2, 0) is 19.0 Å². The number of amides is 1. The molecule has 1 rings (SSSR count). The average molecular weight is 353 g/mol. The Bertz CT molecular complexity index is 554. The van der Waals surface area contributed by atoms with Crippen LogP contribution in [0, 0.1) is 0 Å². The van der Waals surface area contributed by atoms with Crippen molar-refractivity contribution < 1.29 is 28.9 Å². The first-order valence-electron chi connectivity index (χ1n) is 8.18. The molecule has 0 aliphatic heterocycles. The van der Waals surface area contributed by atoms with E-state index in [-0.39, 0.29) is 0 Å². The first-order valence-corrected chi connectivity index (χ1v) is 8.18. The maximum absolute atomic E-state index is 12.2. The first-order chi connectivity index (χ1) is 11.6. The summed E-state index contributed by atoms with van der Waals surface area (Å²) < 4.78 is 16.0. The van der Waals surface area contributed by atoms with Crippen LogP contribution in [0.15, 0.2) is 30.3 Å². The summed E-state index contributed by atoms with van der Waals surface area (Å²) >= 11 is 0. The van der Waals surface area contributed by atoms with Crippen molar-refractivity contribution in [2.75, 3.05) is 6.61 Å². The molecular formula is C18H27NO6. The number of benzene rings is 1. The molecule has 7 nitrogen and oxygen atoms in total. The van der Waals surface area contributed by atoms with Gasteiger partial charge in [-0.25, -0.2) is 9.59 Å². The van der Waals surface area contributed by atoms with Gasteiger partial charge in [-0.3, -0.25) is 0 Å². The molecule has 0 fully saturated rings. The SMILES string of the molecule is CCOC(C)OC(C(=O)O)[C@H](NC(=O)OC(C)(C)C)c1ccccc1. The lowest BCUT2D eigenvalue weighted by Gasteiger charge is -2.29. The second kappa shape index (κ2) is 9.39. The minimum Gasteiger partial charge on any atom is -0.479 e. The first kappa shape index (κ1) is 20.9. The van der Waals surface area contributed by atoms with Gasteiger partial charge in [0.2, 0.25) is 0 Å². The Morgan fingerprint density at radius 1 is 1.20 bits per heavy atom. The molecule has 7 heteroatoms. The van der Waals surface area contributed by atoms with Crippen molar-refractivity contribution >= 4 is 12.1 Å². The summed E-state index contributed by atoms with van der Waals surface area (Å²) in [6.07, 6.45) is -2.80. The highest BCUT2D eigenvalue weighted by atomic mass is 16.7. The van der Waals surface area contributed by atoms with E-state index in [4.69, 9.17) is 14.2 Å². The zero-order valence-corrected chi connectivity index (χ0v) is 15.3. The normalized spacial score (nSPS) is 15.1. The molecule has 0 spiro atoms. The molecule has 1 amide bonds. The summed E-state index contributed by atoms with van der Waals surface area (Å²) in [4.78, 5) is 23.9. The third-order valence-corrected chi connectivity index (χ3v) is 3.12. The highest BCUT2D eigenvalue weighted by Crippen LogP contribution is 2.22. The van der Waals surface area contributed by atoms with Crippen molar-refractivity contribution in [2.24, 2.45) is 0 Å². The van der Waals surface area contributed by atoms with E-state index in [1.165, 1.54) is 0 Å². The van der Waals surface area contributed by atoms with Crippen LogP contribution in [0.5, 0.6) is 0 Å². The molecule has 1 aromatic rings. The molecule has 0 radical (unpaired) electrons. The van der Waals surface area contributed by atoms with Crippen molar-refractivity contribution in [1.29, 1.82) is 0 Å². The van der Waals surface area contributed by atoms with Gasteiger partial charge in [-0.2, -0.15) is 0 Å². The summed E-state index contributed by atoms with van der Waals surface area (Å²) in [6.45, 7) is 8.95. The van der Waals surface area contributed by atoms with E-state index in [9.17, 15) is 14.7 Å². The van der Waals surface area contributed by atoms with Gasteiger partial charge in [0.05, 0.1) is 6.04 Å². The molecular weight excluding hydrogens is 326 g/mol. The van der Waals surface area contributed by atoms with Gasteiger partial charge in [-0.15, -0.1) is 0 Å². The van der Waals surface area contributed by atoms with Crippen LogP contribution < -0.4 is 5.32 Å². The maximum atomic E-state index is 12.2. The maximum Gasteiger partial charge on any atom is 0.408 e. The molecule has 0 saturated carbocycles. The van der Waals surface area contributed by atoms with E-state index < -0.39 is 36.1 Å². The summed E-state index contributed by atoms with van der Waals surface area (Å²) in [6, 6.07) is 7.80. The zero-order valence-electron chi connectivity index (χ0n) is 15.3. The minimum absolute atomic E-state index is 0.378. The van der Waals surface area contributed by atoms with E-state index in [0.717, 1.165) is 0 Å². The van der Waals surface area contributed by atoms with Crippen molar-refractivity contribution in [1.82, 2.24) is 5.32 Å². The molecule has 0 saturated heterocycles. The molecule has 140 valence electrons. The molecule has 0 aliphatic rings. The second-order valence-electron chi connectivity index (χ2n) is 6.45. The number of alkyl carbamates (subject to hydrolysis) is 1. The van der Waals surface area contributed by atoms with Gasteiger partial charge in [0.25, 0.3) is 0 Å². The fourth-order valence-corrected chi connectivity index (χ4v) is 2.19. The number of hydrogen-bond donors (Lipinski definition) is 2. The van der Waals surface area contributed by atoms with Crippen LogP contribution in [0.25, 0.3) is 0 Å². The highest BCUT2D eigenvalue weighted by Gasteiger charge is 2.34. The molecule has 0 heterocycles. The Hall–Kier alpha value is -2.12.